The summed E-state index contributed by atoms with van der Waals surface area (Å²) in [7, 11) is 0. The van der Waals surface area contributed by atoms with E-state index in [4.69, 9.17) is 24.5 Å². The fourth-order valence-corrected chi connectivity index (χ4v) is 3.80. The number of aromatic nitrogens is 1. The van der Waals surface area contributed by atoms with E-state index < -0.39 is 24.3 Å². The minimum atomic E-state index is -5.08. The van der Waals surface area contributed by atoms with Crippen LogP contribution in [0, 0.1) is 12.8 Å². The third kappa shape index (κ3) is 10.7. The molecule has 1 saturated carbocycles. The molecule has 2 N–H and O–H groups in total. The van der Waals surface area contributed by atoms with Crippen molar-refractivity contribution < 1.29 is 50.9 Å². The van der Waals surface area contributed by atoms with E-state index in [0.717, 1.165) is 37.9 Å². The predicted octanol–water partition coefficient (Wildman–Crippen LogP) is 3.34. The van der Waals surface area contributed by atoms with Crippen molar-refractivity contribution in [2.45, 2.75) is 57.2 Å². The smallest absolute Gasteiger partial charge is 0.475 e. The van der Waals surface area contributed by atoms with E-state index in [9.17, 15) is 26.3 Å². The lowest BCUT2D eigenvalue weighted by Crippen LogP contribution is -2.49. The van der Waals surface area contributed by atoms with Crippen LogP contribution in [0.4, 0.5) is 26.3 Å². The fraction of sp³-hybridized carbons (Fsp3) is 0.682. The first-order valence-electron chi connectivity index (χ1n) is 11.3. The van der Waals surface area contributed by atoms with Gasteiger partial charge in [-0.15, -0.1) is 0 Å². The highest BCUT2D eigenvalue weighted by Crippen LogP contribution is 2.31. The highest BCUT2D eigenvalue weighted by molar-refractivity contribution is 5.73. The van der Waals surface area contributed by atoms with E-state index in [1.54, 1.807) is 0 Å². The fourth-order valence-electron chi connectivity index (χ4n) is 3.80. The van der Waals surface area contributed by atoms with Crippen molar-refractivity contribution >= 4 is 11.9 Å². The Labute approximate surface area is 203 Å². The first-order valence-corrected chi connectivity index (χ1v) is 11.3. The number of aliphatic carboxylic acids is 2. The molecule has 0 aromatic carbocycles. The molecule has 0 bridgehead atoms. The van der Waals surface area contributed by atoms with Gasteiger partial charge < -0.3 is 14.9 Å². The van der Waals surface area contributed by atoms with Crippen LogP contribution in [0.1, 0.15) is 30.7 Å². The molecule has 2 saturated heterocycles. The van der Waals surface area contributed by atoms with Crippen molar-refractivity contribution in [3.63, 3.8) is 0 Å². The maximum Gasteiger partial charge on any atom is 0.490 e. The average Bonchev–Trinajstić information content (AvgIpc) is 3.50. The zero-order valence-corrected chi connectivity index (χ0v) is 19.6. The number of carboxylic acids is 2. The van der Waals surface area contributed by atoms with Crippen LogP contribution in [-0.2, 0) is 20.9 Å². The summed E-state index contributed by atoms with van der Waals surface area (Å²) in [5.41, 5.74) is 2.32. The lowest BCUT2D eigenvalue weighted by atomic mass is 10.1. The molecule has 0 unspecified atom stereocenters. The van der Waals surface area contributed by atoms with Gasteiger partial charge in [-0.1, -0.05) is 6.07 Å². The highest BCUT2D eigenvalue weighted by Gasteiger charge is 2.39. The summed E-state index contributed by atoms with van der Waals surface area (Å²) in [6.45, 7) is 8.70. The Morgan fingerprint density at radius 3 is 2.11 bits per heavy atom. The number of nitrogens with zero attached hydrogens (tertiary/aromatic N) is 3. The molecule has 204 valence electrons. The summed E-state index contributed by atoms with van der Waals surface area (Å²) in [4.78, 5) is 27.6. The lowest BCUT2D eigenvalue weighted by molar-refractivity contribution is -0.193. The first kappa shape index (κ1) is 29.8. The predicted molar refractivity (Wildman–Crippen MR) is 114 cm³/mol. The van der Waals surface area contributed by atoms with Gasteiger partial charge in [0, 0.05) is 51.1 Å². The number of piperazine rings is 1. The van der Waals surface area contributed by atoms with Crippen LogP contribution in [0.15, 0.2) is 18.2 Å². The second-order valence-corrected chi connectivity index (χ2v) is 8.89. The molecule has 2 atom stereocenters. The number of halogens is 6. The van der Waals surface area contributed by atoms with Crippen molar-refractivity contribution in [1.29, 1.82) is 0 Å². The lowest BCUT2D eigenvalue weighted by Gasteiger charge is -2.37. The first-order chi connectivity index (χ1) is 16.6. The normalized spacial score (nSPS) is 22.5. The van der Waals surface area contributed by atoms with E-state index in [2.05, 4.69) is 39.9 Å². The number of ether oxygens (including phenoxy) is 1. The number of aryl methyl sites for hydroxylation is 1. The molecule has 1 aliphatic carbocycles. The van der Waals surface area contributed by atoms with Crippen LogP contribution >= 0.6 is 0 Å². The number of hydrogen-bond donors (Lipinski definition) is 2. The van der Waals surface area contributed by atoms with Crippen molar-refractivity contribution in [2.75, 3.05) is 32.8 Å². The number of alkyl halides is 6. The molecule has 3 fully saturated rings. The second kappa shape index (κ2) is 12.7. The molecule has 0 spiro atoms. The number of carbonyl (C=O) groups is 2. The summed E-state index contributed by atoms with van der Waals surface area (Å²) in [6, 6.07) is 7.02. The Bertz CT molecular complexity index is 854. The molecule has 2 aliphatic heterocycles. The summed E-state index contributed by atoms with van der Waals surface area (Å²) in [6.07, 6.45) is -5.71. The maximum absolute atomic E-state index is 10.6. The topological polar surface area (TPSA) is 103 Å². The van der Waals surface area contributed by atoms with E-state index >= 15 is 0 Å². The maximum atomic E-state index is 10.6. The van der Waals surface area contributed by atoms with Crippen molar-refractivity contribution in [3.8, 4) is 0 Å². The molecule has 0 radical (unpaired) electrons. The van der Waals surface area contributed by atoms with E-state index in [1.165, 1.54) is 38.0 Å². The average molecular weight is 529 g/mol. The Kier molecular flexibility index (Phi) is 10.5. The molecule has 14 heteroatoms. The van der Waals surface area contributed by atoms with Gasteiger partial charge in [-0.3, -0.25) is 14.8 Å². The van der Waals surface area contributed by atoms with Gasteiger partial charge in [0.2, 0.25) is 0 Å². The van der Waals surface area contributed by atoms with Gasteiger partial charge in [0.15, 0.2) is 0 Å². The van der Waals surface area contributed by atoms with Gasteiger partial charge in [0.25, 0.3) is 0 Å². The number of fused-ring (bicyclic) bond motifs is 1. The van der Waals surface area contributed by atoms with E-state index in [0.29, 0.717) is 12.1 Å². The minimum absolute atomic E-state index is 0.475. The third-order valence-corrected chi connectivity index (χ3v) is 5.74. The van der Waals surface area contributed by atoms with Gasteiger partial charge in [-0.05, 0) is 44.2 Å². The molecule has 0 amide bonds. The van der Waals surface area contributed by atoms with Crippen LogP contribution < -0.4 is 0 Å². The molecule has 36 heavy (non-hydrogen) atoms. The molecule has 3 aliphatic rings. The summed E-state index contributed by atoms with van der Waals surface area (Å²) in [5, 5.41) is 14.2. The minimum Gasteiger partial charge on any atom is -0.475 e. The zero-order chi connectivity index (χ0) is 27.1. The van der Waals surface area contributed by atoms with Crippen molar-refractivity contribution in [1.82, 2.24) is 14.8 Å². The van der Waals surface area contributed by atoms with Gasteiger partial charge in [0.1, 0.15) is 0 Å². The van der Waals surface area contributed by atoms with Gasteiger partial charge in [-0.25, -0.2) is 9.59 Å². The van der Waals surface area contributed by atoms with Crippen LogP contribution in [0.25, 0.3) is 0 Å². The molecule has 1 aromatic rings. The van der Waals surface area contributed by atoms with E-state index in [1.807, 2.05) is 0 Å². The van der Waals surface area contributed by atoms with Crippen LogP contribution in [0.3, 0.4) is 0 Å². The van der Waals surface area contributed by atoms with Gasteiger partial charge >= 0.3 is 24.3 Å². The summed E-state index contributed by atoms with van der Waals surface area (Å²) >= 11 is 0. The number of pyridine rings is 1. The number of hydrogen-bond acceptors (Lipinski definition) is 6. The third-order valence-electron chi connectivity index (χ3n) is 5.74. The zero-order valence-electron chi connectivity index (χ0n) is 19.6. The summed E-state index contributed by atoms with van der Waals surface area (Å²) < 4.78 is 69.6. The van der Waals surface area contributed by atoms with Gasteiger partial charge in [-0.2, -0.15) is 26.3 Å². The Morgan fingerprint density at radius 1 is 1.03 bits per heavy atom. The molecule has 3 heterocycles. The SMILES string of the molecule is Cc1cccc(CN2CCN3C[C@H](OCC4CC4)C[C@H]3C2)n1.O=C(O)C(F)(F)F.O=C(O)C(F)(F)F. The molecular formula is C22H29F6N3O5. The van der Waals surface area contributed by atoms with Crippen LogP contribution in [-0.4, -0.2) is 94.2 Å². The molecule has 8 nitrogen and oxygen atoms in total. The Hall–Kier alpha value is -2.45. The Balaban J connectivity index is 0.000000271. The molecular weight excluding hydrogens is 500 g/mol. The standard InChI is InChI=1S/C18H27N3O.2C2HF3O2/c1-14-3-2-4-16(19-14)10-20-7-8-21-12-18(9-17(21)11-20)22-13-15-5-6-15;2*3-2(4,5)1(6)7/h2-4,15,17-18H,5-13H2,1H3;2*(H,6,7)/t17-,18+;;/m0../s1. The van der Waals surface area contributed by atoms with Gasteiger partial charge in [0.05, 0.1) is 11.8 Å². The van der Waals surface area contributed by atoms with E-state index in [-0.39, 0.29) is 0 Å². The molecule has 1 aromatic heterocycles. The number of rotatable bonds is 5. The second-order valence-electron chi connectivity index (χ2n) is 8.89. The highest BCUT2D eigenvalue weighted by atomic mass is 19.4. The largest absolute Gasteiger partial charge is 0.490 e. The van der Waals surface area contributed by atoms with Crippen LogP contribution in [0.5, 0.6) is 0 Å². The summed E-state index contributed by atoms with van der Waals surface area (Å²) in [5.74, 6) is -4.64. The van der Waals surface area contributed by atoms with Crippen molar-refractivity contribution in [3.05, 3.63) is 29.6 Å². The Morgan fingerprint density at radius 2 is 1.61 bits per heavy atom. The van der Waals surface area contributed by atoms with Crippen LogP contribution in [0.2, 0.25) is 0 Å². The quantitative estimate of drug-likeness (QED) is 0.560. The molecule has 4 rings (SSSR count). The monoisotopic (exact) mass is 529 g/mol. The van der Waals surface area contributed by atoms with Crippen molar-refractivity contribution in [2.24, 2.45) is 5.92 Å². The number of carboxylic acid groups (broad SMARTS) is 2.